The molecule has 0 aliphatic heterocycles. The molecule has 1 N–H and O–H groups in total. The highest BCUT2D eigenvalue weighted by Crippen LogP contribution is 2.36. The van der Waals surface area contributed by atoms with E-state index in [9.17, 15) is 0 Å². The van der Waals surface area contributed by atoms with E-state index in [1.54, 1.807) is 0 Å². The molecule has 0 spiro atoms. The van der Waals surface area contributed by atoms with E-state index < -0.39 is 0 Å². The number of rotatable bonds is 7. The van der Waals surface area contributed by atoms with Gasteiger partial charge in [-0.2, -0.15) is 4.98 Å². The maximum Gasteiger partial charge on any atom is 0.243 e. The summed E-state index contributed by atoms with van der Waals surface area (Å²) in [6.45, 7) is 12.5. The average Bonchev–Trinajstić information content (AvgIpc) is 2.55. The molecule has 0 saturated heterocycles. The average molecular weight is 357 g/mol. The van der Waals surface area contributed by atoms with Crippen molar-refractivity contribution in [1.82, 2.24) is 9.97 Å². The van der Waals surface area contributed by atoms with Gasteiger partial charge < -0.3 is 15.0 Å². The molecule has 26 heavy (non-hydrogen) atoms. The molecular formula is C21H32N4O. The number of aromatic nitrogens is 2. The normalized spacial score (nSPS) is 11.0. The summed E-state index contributed by atoms with van der Waals surface area (Å²) >= 11 is 0. The van der Waals surface area contributed by atoms with Crippen LogP contribution in [0.1, 0.15) is 49.2 Å². The van der Waals surface area contributed by atoms with E-state index in [1.165, 1.54) is 16.7 Å². The molecule has 5 nitrogen and oxygen atoms in total. The minimum Gasteiger partial charge on any atom is -0.473 e. The Labute approximate surface area is 157 Å². The Hall–Kier alpha value is -2.30. The number of hydrogen-bond donors (Lipinski definition) is 1. The van der Waals surface area contributed by atoms with Crippen LogP contribution in [0.15, 0.2) is 12.1 Å². The number of nitrogens with zero attached hydrogens (tertiary/aromatic N) is 3. The van der Waals surface area contributed by atoms with Crippen molar-refractivity contribution in [1.29, 1.82) is 0 Å². The fraction of sp³-hybridized carbons (Fsp3) is 0.524. The molecule has 0 aliphatic rings. The molecule has 2 rings (SSSR count). The van der Waals surface area contributed by atoms with E-state index in [4.69, 9.17) is 4.74 Å². The number of ether oxygens (including phenoxy) is 1. The zero-order valence-electron chi connectivity index (χ0n) is 17.4. The van der Waals surface area contributed by atoms with Crippen molar-refractivity contribution >= 4 is 17.2 Å². The minimum absolute atomic E-state index is 0.152. The fourth-order valence-electron chi connectivity index (χ4n) is 3.22. The van der Waals surface area contributed by atoms with Crippen molar-refractivity contribution in [3.05, 3.63) is 34.6 Å². The van der Waals surface area contributed by atoms with Gasteiger partial charge in [-0.15, -0.1) is 0 Å². The molecule has 2 aromatic rings. The molecule has 1 heterocycles. The SMILES string of the molecule is CCC(CC)Oc1nc(C)nc(Nc2c(C)cc(C)cc2C)c1N(C)C. The lowest BCUT2D eigenvalue weighted by atomic mass is 10.1. The summed E-state index contributed by atoms with van der Waals surface area (Å²) in [5.74, 6) is 2.11. The number of nitrogens with one attached hydrogen (secondary N) is 1. The first-order chi connectivity index (χ1) is 12.3. The van der Waals surface area contributed by atoms with Crippen LogP contribution in [0, 0.1) is 27.7 Å². The standard InChI is InChI=1S/C21H32N4O/c1-9-17(10-2)26-21-19(25(7)8)20(22-16(6)23-21)24-18-14(4)11-13(3)12-15(18)5/h11-12,17H,9-10H2,1-8H3,(H,22,23,24). The molecule has 1 aromatic carbocycles. The quantitative estimate of drug-likeness (QED) is 0.749. The van der Waals surface area contributed by atoms with Crippen LogP contribution in [-0.2, 0) is 0 Å². The van der Waals surface area contributed by atoms with Gasteiger partial charge in [0.05, 0.1) is 0 Å². The summed E-state index contributed by atoms with van der Waals surface area (Å²) in [7, 11) is 3.99. The van der Waals surface area contributed by atoms with Crippen molar-refractivity contribution in [3.8, 4) is 5.88 Å². The molecule has 0 saturated carbocycles. The monoisotopic (exact) mass is 356 g/mol. The number of benzene rings is 1. The summed E-state index contributed by atoms with van der Waals surface area (Å²) in [5.41, 5.74) is 5.62. The van der Waals surface area contributed by atoms with E-state index in [0.29, 0.717) is 11.7 Å². The first-order valence-electron chi connectivity index (χ1n) is 9.34. The Morgan fingerprint density at radius 2 is 1.58 bits per heavy atom. The maximum atomic E-state index is 6.21. The Morgan fingerprint density at radius 1 is 1.00 bits per heavy atom. The van der Waals surface area contributed by atoms with Gasteiger partial charge in [0.2, 0.25) is 5.88 Å². The summed E-state index contributed by atoms with van der Waals surface area (Å²) in [6, 6.07) is 4.36. The summed E-state index contributed by atoms with van der Waals surface area (Å²) in [6.07, 6.45) is 2.05. The van der Waals surface area contributed by atoms with Gasteiger partial charge in [-0.25, -0.2) is 4.98 Å². The lowest BCUT2D eigenvalue weighted by Gasteiger charge is -2.24. The van der Waals surface area contributed by atoms with E-state index in [1.807, 2.05) is 25.9 Å². The third-order valence-corrected chi connectivity index (χ3v) is 4.52. The highest BCUT2D eigenvalue weighted by Gasteiger charge is 2.20. The van der Waals surface area contributed by atoms with Gasteiger partial charge in [-0.05, 0) is 51.7 Å². The smallest absolute Gasteiger partial charge is 0.243 e. The van der Waals surface area contributed by atoms with Crippen LogP contribution in [0.3, 0.4) is 0 Å². The van der Waals surface area contributed by atoms with Crippen LogP contribution < -0.4 is 15.0 Å². The molecule has 142 valence electrons. The zero-order valence-corrected chi connectivity index (χ0v) is 17.4. The van der Waals surface area contributed by atoms with Gasteiger partial charge >= 0.3 is 0 Å². The topological polar surface area (TPSA) is 50.3 Å². The van der Waals surface area contributed by atoms with E-state index >= 15 is 0 Å². The highest BCUT2D eigenvalue weighted by molar-refractivity contribution is 5.77. The summed E-state index contributed by atoms with van der Waals surface area (Å²) in [4.78, 5) is 11.3. The van der Waals surface area contributed by atoms with Crippen LogP contribution in [0.4, 0.5) is 17.2 Å². The van der Waals surface area contributed by atoms with Gasteiger partial charge in [-0.1, -0.05) is 31.5 Å². The van der Waals surface area contributed by atoms with E-state index in [-0.39, 0.29) is 6.10 Å². The van der Waals surface area contributed by atoms with Gasteiger partial charge in [-0.3, -0.25) is 0 Å². The molecule has 5 heteroatoms. The Morgan fingerprint density at radius 3 is 2.08 bits per heavy atom. The second-order valence-corrected chi connectivity index (χ2v) is 7.12. The number of anilines is 3. The van der Waals surface area contributed by atoms with E-state index in [2.05, 4.69) is 62.0 Å². The van der Waals surface area contributed by atoms with Crippen molar-refractivity contribution < 1.29 is 4.74 Å². The van der Waals surface area contributed by atoms with E-state index in [0.717, 1.165) is 30.0 Å². The first-order valence-corrected chi connectivity index (χ1v) is 9.34. The molecule has 0 amide bonds. The second kappa shape index (κ2) is 8.39. The van der Waals surface area contributed by atoms with Gasteiger partial charge in [0.25, 0.3) is 0 Å². The molecule has 0 fully saturated rings. The largest absolute Gasteiger partial charge is 0.473 e. The van der Waals surface area contributed by atoms with Crippen LogP contribution >= 0.6 is 0 Å². The molecule has 0 radical (unpaired) electrons. The first kappa shape index (κ1) is 20.0. The van der Waals surface area contributed by atoms with Crippen molar-refractivity contribution in [2.75, 3.05) is 24.3 Å². The van der Waals surface area contributed by atoms with Crippen LogP contribution in [0.25, 0.3) is 0 Å². The fourth-order valence-corrected chi connectivity index (χ4v) is 3.22. The van der Waals surface area contributed by atoms with Gasteiger partial charge in [0.1, 0.15) is 17.6 Å². The van der Waals surface area contributed by atoms with Crippen molar-refractivity contribution in [3.63, 3.8) is 0 Å². The molecule has 0 aliphatic carbocycles. The predicted octanol–water partition coefficient (Wildman–Crippen LogP) is 5.09. The lowest BCUT2D eigenvalue weighted by Crippen LogP contribution is -2.20. The van der Waals surface area contributed by atoms with Gasteiger partial charge in [0, 0.05) is 19.8 Å². The lowest BCUT2D eigenvalue weighted by molar-refractivity contribution is 0.185. The van der Waals surface area contributed by atoms with Crippen LogP contribution in [-0.4, -0.2) is 30.2 Å². The predicted molar refractivity (Wildman–Crippen MR) is 110 cm³/mol. The molecular weight excluding hydrogens is 324 g/mol. The second-order valence-electron chi connectivity index (χ2n) is 7.12. The Kier molecular flexibility index (Phi) is 6.46. The summed E-state index contributed by atoms with van der Waals surface area (Å²) < 4.78 is 6.21. The van der Waals surface area contributed by atoms with Crippen molar-refractivity contribution in [2.45, 2.75) is 60.5 Å². The third-order valence-electron chi connectivity index (χ3n) is 4.52. The minimum atomic E-state index is 0.152. The molecule has 0 bridgehead atoms. The number of aryl methyl sites for hydroxylation is 4. The van der Waals surface area contributed by atoms with Gasteiger partial charge in [0.15, 0.2) is 5.82 Å². The Bertz CT molecular complexity index is 744. The van der Waals surface area contributed by atoms with Crippen LogP contribution in [0.5, 0.6) is 5.88 Å². The zero-order chi connectivity index (χ0) is 19.4. The molecule has 0 unspecified atom stereocenters. The molecule has 1 aromatic heterocycles. The third kappa shape index (κ3) is 4.45. The maximum absolute atomic E-state index is 6.21. The highest BCUT2D eigenvalue weighted by atomic mass is 16.5. The van der Waals surface area contributed by atoms with Crippen LogP contribution in [0.2, 0.25) is 0 Å². The summed E-state index contributed by atoms with van der Waals surface area (Å²) in [5, 5.41) is 3.54. The number of hydrogen-bond acceptors (Lipinski definition) is 5. The Balaban J connectivity index is 2.53. The molecule has 0 atom stereocenters. The van der Waals surface area contributed by atoms with Crippen molar-refractivity contribution in [2.24, 2.45) is 0 Å².